The highest BCUT2D eigenvalue weighted by molar-refractivity contribution is 5.85. The van der Waals surface area contributed by atoms with E-state index in [0.29, 0.717) is 17.0 Å². The number of hydrogen-bond acceptors (Lipinski definition) is 7. The summed E-state index contributed by atoms with van der Waals surface area (Å²) >= 11 is 0. The second kappa shape index (κ2) is 6.21. The topological polar surface area (TPSA) is 107 Å². The minimum atomic E-state index is 0. The summed E-state index contributed by atoms with van der Waals surface area (Å²) in [5.41, 5.74) is 7.07. The van der Waals surface area contributed by atoms with E-state index in [9.17, 15) is 0 Å². The van der Waals surface area contributed by atoms with Crippen molar-refractivity contribution in [2.45, 2.75) is 0 Å². The van der Waals surface area contributed by atoms with Crippen molar-refractivity contribution in [3.63, 3.8) is 0 Å². The van der Waals surface area contributed by atoms with Crippen molar-refractivity contribution in [3.05, 3.63) is 6.33 Å². The number of nitrogen functional groups attached to an aromatic ring is 1. The molecular formula is C11H18ClN7O. The first-order valence-corrected chi connectivity index (χ1v) is 6.32. The number of H-pyrrole nitrogens is 1. The standard InChI is InChI=1S/C11H17N7O.ClH/c12-9-8-10(14-7-13-9)16-11(15-8)18-3-1-17(2-4-18)5-6-19;/h7,19H,1-6H2,(H3,12,13,14,15,16);1H. The molecule has 1 aliphatic heterocycles. The number of imidazole rings is 1. The van der Waals surface area contributed by atoms with Gasteiger partial charge in [-0.25, -0.2) is 9.97 Å². The van der Waals surface area contributed by atoms with Gasteiger partial charge in [0.1, 0.15) is 11.8 Å². The van der Waals surface area contributed by atoms with Gasteiger partial charge in [-0.2, -0.15) is 4.98 Å². The highest BCUT2D eigenvalue weighted by Gasteiger charge is 2.19. The number of fused-ring (bicyclic) bond motifs is 1. The number of halogens is 1. The molecule has 0 radical (unpaired) electrons. The predicted molar refractivity (Wildman–Crippen MR) is 79.1 cm³/mol. The van der Waals surface area contributed by atoms with Gasteiger partial charge in [-0.15, -0.1) is 12.4 Å². The Morgan fingerprint density at radius 1 is 1.25 bits per heavy atom. The Labute approximate surface area is 122 Å². The number of aliphatic hydroxyl groups excluding tert-OH is 1. The van der Waals surface area contributed by atoms with E-state index in [0.717, 1.165) is 38.7 Å². The number of hydrogen-bond donors (Lipinski definition) is 3. The summed E-state index contributed by atoms with van der Waals surface area (Å²) in [7, 11) is 0. The minimum absolute atomic E-state index is 0. The fourth-order valence-electron chi connectivity index (χ4n) is 2.31. The molecule has 3 rings (SSSR count). The Balaban J connectivity index is 0.00000147. The van der Waals surface area contributed by atoms with Crippen molar-refractivity contribution in [2.24, 2.45) is 0 Å². The summed E-state index contributed by atoms with van der Waals surface area (Å²) in [5, 5.41) is 8.92. The molecule has 1 saturated heterocycles. The van der Waals surface area contributed by atoms with E-state index in [1.807, 2.05) is 0 Å². The molecule has 20 heavy (non-hydrogen) atoms. The zero-order valence-corrected chi connectivity index (χ0v) is 11.8. The Bertz CT molecular complexity index is 567. The van der Waals surface area contributed by atoms with Crippen LogP contribution in [0.2, 0.25) is 0 Å². The molecule has 0 aromatic carbocycles. The summed E-state index contributed by atoms with van der Waals surface area (Å²) in [6.45, 7) is 4.50. The first kappa shape index (κ1) is 14.8. The molecular weight excluding hydrogens is 282 g/mol. The molecule has 2 aromatic heterocycles. The minimum Gasteiger partial charge on any atom is -0.395 e. The fraction of sp³-hybridized carbons (Fsp3) is 0.545. The maximum Gasteiger partial charge on any atom is 0.205 e. The Morgan fingerprint density at radius 2 is 2.00 bits per heavy atom. The lowest BCUT2D eigenvalue weighted by Crippen LogP contribution is -2.47. The molecule has 4 N–H and O–H groups in total. The zero-order chi connectivity index (χ0) is 13.2. The van der Waals surface area contributed by atoms with Crippen LogP contribution in [0.5, 0.6) is 0 Å². The van der Waals surface area contributed by atoms with E-state index < -0.39 is 0 Å². The Hall–Kier alpha value is -1.64. The molecule has 0 amide bonds. The number of aliphatic hydroxyl groups is 1. The number of nitrogens with zero attached hydrogens (tertiary/aromatic N) is 5. The number of β-amino-alcohol motifs (C(OH)–C–C–N with tert-alkyl or cyclic N) is 1. The smallest absolute Gasteiger partial charge is 0.205 e. The van der Waals surface area contributed by atoms with Crippen LogP contribution in [0.25, 0.3) is 11.2 Å². The van der Waals surface area contributed by atoms with E-state index in [4.69, 9.17) is 10.8 Å². The summed E-state index contributed by atoms with van der Waals surface area (Å²) < 4.78 is 0. The molecule has 0 saturated carbocycles. The van der Waals surface area contributed by atoms with Gasteiger partial charge in [0.05, 0.1) is 6.61 Å². The first-order valence-electron chi connectivity index (χ1n) is 6.32. The van der Waals surface area contributed by atoms with Gasteiger partial charge in [0.2, 0.25) is 5.95 Å². The van der Waals surface area contributed by atoms with Crippen molar-refractivity contribution in [1.29, 1.82) is 0 Å². The maximum absolute atomic E-state index is 8.92. The van der Waals surface area contributed by atoms with Crippen LogP contribution in [-0.2, 0) is 0 Å². The van der Waals surface area contributed by atoms with Crippen molar-refractivity contribution in [3.8, 4) is 0 Å². The van der Waals surface area contributed by atoms with E-state index in [1.165, 1.54) is 6.33 Å². The highest BCUT2D eigenvalue weighted by atomic mass is 35.5. The molecule has 0 aliphatic carbocycles. The normalized spacial score (nSPS) is 16.4. The summed E-state index contributed by atoms with van der Waals surface area (Å²) in [5.74, 6) is 1.20. The third kappa shape index (κ3) is 2.77. The van der Waals surface area contributed by atoms with Gasteiger partial charge < -0.3 is 20.7 Å². The number of aromatic nitrogens is 4. The van der Waals surface area contributed by atoms with Crippen LogP contribution in [0.15, 0.2) is 6.33 Å². The van der Waals surface area contributed by atoms with Crippen LogP contribution in [-0.4, -0.2) is 69.3 Å². The molecule has 8 nitrogen and oxygen atoms in total. The monoisotopic (exact) mass is 299 g/mol. The lowest BCUT2D eigenvalue weighted by atomic mass is 10.3. The van der Waals surface area contributed by atoms with E-state index in [1.54, 1.807) is 0 Å². The van der Waals surface area contributed by atoms with Gasteiger partial charge in [0.25, 0.3) is 0 Å². The van der Waals surface area contributed by atoms with E-state index in [-0.39, 0.29) is 19.0 Å². The predicted octanol–water partition coefficient (Wildman–Crippen LogP) is -0.529. The second-order valence-corrected chi connectivity index (χ2v) is 4.57. The van der Waals surface area contributed by atoms with E-state index >= 15 is 0 Å². The van der Waals surface area contributed by atoms with Crippen LogP contribution >= 0.6 is 12.4 Å². The number of nitrogens with one attached hydrogen (secondary N) is 1. The van der Waals surface area contributed by atoms with Gasteiger partial charge in [-0.3, -0.25) is 4.90 Å². The van der Waals surface area contributed by atoms with Gasteiger partial charge in [0, 0.05) is 32.7 Å². The number of aromatic amines is 1. The highest BCUT2D eigenvalue weighted by Crippen LogP contribution is 2.19. The summed E-state index contributed by atoms with van der Waals surface area (Å²) in [6, 6.07) is 0. The maximum atomic E-state index is 8.92. The summed E-state index contributed by atoms with van der Waals surface area (Å²) in [6.07, 6.45) is 1.42. The number of rotatable bonds is 3. The van der Waals surface area contributed by atoms with Gasteiger partial charge in [-0.05, 0) is 0 Å². The third-order valence-electron chi connectivity index (χ3n) is 3.39. The quantitative estimate of drug-likeness (QED) is 0.699. The average Bonchev–Trinajstić information content (AvgIpc) is 2.85. The Kier molecular flexibility index (Phi) is 4.58. The Morgan fingerprint density at radius 3 is 2.65 bits per heavy atom. The van der Waals surface area contributed by atoms with E-state index in [2.05, 4.69) is 29.7 Å². The SMILES string of the molecule is Cl.Nc1ncnc2nc(N3CCN(CCO)CC3)[nH]c12. The van der Waals surface area contributed by atoms with Crippen LogP contribution in [0, 0.1) is 0 Å². The number of nitrogens with two attached hydrogens (primary N) is 1. The largest absolute Gasteiger partial charge is 0.395 e. The molecule has 1 aliphatic rings. The molecule has 3 heterocycles. The van der Waals surface area contributed by atoms with Gasteiger partial charge in [0.15, 0.2) is 11.5 Å². The van der Waals surface area contributed by atoms with Crippen LogP contribution in [0.4, 0.5) is 11.8 Å². The number of piperazine rings is 1. The molecule has 0 bridgehead atoms. The molecule has 2 aromatic rings. The summed E-state index contributed by atoms with van der Waals surface area (Å²) in [4.78, 5) is 20.0. The van der Waals surface area contributed by atoms with Crippen LogP contribution in [0.3, 0.4) is 0 Å². The molecule has 0 spiro atoms. The lowest BCUT2D eigenvalue weighted by molar-refractivity contribution is 0.188. The van der Waals surface area contributed by atoms with Crippen molar-refractivity contribution >= 4 is 35.3 Å². The fourth-order valence-corrected chi connectivity index (χ4v) is 2.31. The number of anilines is 2. The second-order valence-electron chi connectivity index (χ2n) is 4.57. The molecule has 1 fully saturated rings. The average molecular weight is 300 g/mol. The van der Waals surface area contributed by atoms with Crippen molar-refractivity contribution in [1.82, 2.24) is 24.8 Å². The molecule has 0 atom stereocenters. The van der Waals surface area contributed by atoms with Crippen LogP contribution < -0.4 is 10.6 Å². The van der Waals surface area contributed by atoms with Crippen molar-refractivity contribution < 1.29 is 5.11 Å². The molecule has 110 valence electrons. The first-order chi connectivity index (χ1) is 9.28. The third-order valence-corrected chi connectivity index (χ3v) is 3.39. The lowest BCUT2D eigenvalue weighted by Gasteiger charge is -2.34. The van der Waals surface area contributed by atoms with Gasteiger partial charge in [-0.1, -0.05) is 0 Å². The molecule has 9 heteroatoms. The van der Waals surface area contributed by atoms with Crippen LogP contribution in [0.1, 0.15) is 0 Å². The molecule has 0 unspecified atom stereocenters. The zero-order valence-electron chi connectivity index (χ0n) is 11.0. The van der Waals surface area contributed by atoms with Gasteiger partial charge >= 0.3 is 0 Å². The van der Waals surface area contributed by atoms with Crippen molar-refractivity contribution in [2.75, 3.05) is 50.0 Å².